The van der Waals surface area contributed by atoms with E-state index in [1.54, 1.807) is 11.9 Å². The number of hydrogen-bond donors (Lipinski definition) is 2. The lowest BCUT2D eigenvalue weighted by molar-refractivity contribution is -0.142. The highest BCUT2D eigenvalue weighted by Gasteiger charge is 2.31. The monoisotopic (exact) mass is 522 g/mol. The molecular weight excluding hydrogens is 484 g/mol. The Morgan fingerprint density at radius 3 is 2.38 bits per heavy atom. The molecule has 8 heteroatoms. The van der Waals surface area contributed by atoms with Gasteiger partial charge in [0.25, 0.3) is 0 Å². The van der Waals surface area contributed by atoms with Crippen LogP contribution in [0, 0.1) is 19.8 Å². The van der Waals surface area contributed by atoms with E-state index in [4.69, 9.17) is 4.52 Å². The summed E-state index contributed by atoms with van der Waals surface area (Å²) in [6.07, 6.45) is 2.18. The number of nitrogens with one attached hydrogen (secondary N) is 2. The summed E-state index contributed by atoms with van der Waals surface area (Å²) >= 11 is 1.49. The first kappa shape index (κ1) is 28.3. The molecule has 0 unspecified atom stereocenters. The summed E-state index contributed by atoms with van der Waals surface area (Å²) in [5, 5.41) is 6.82. The predicted molar refractivity (Wildman–Crippen MR) is 150 cm³/mol. The summed E-state index contributed by atoms with van der Waals surface area (Å²) in [6, 6.07) is 15.9. The van der Waals surface area contributed by atoms with Gasteiger partial charge in [0.2, 0.25) is 11.8 Å². The zero-order valence-corrected chi connectivity index (χ0v) is 23.4. The lowest BCUT2D eigenvalue weighted by atomic mass is 9.99. The molecule has 0 bridgehead atoms. The van der Waals surface area contributed by atoms with Crippen molar-refractivity contribution in [3.05, 3.63) is 65.4 Å². The second kappa shape index (κ2) is 13.3. The molecule has 37 heavy (non-hydrogen) atoms. The van der Waals surface area contributed by atoms with Crippen molar-refractivity contribution in [1.82, 2.24) is 15.4 Å². The zero-order valence-electron chi connectivity index (χ0n) is 22.6. The van der Waals surface area contributed by atoms with E-state index < -0.39 is 6.04 Å². The van der Waals surface area contributed by atoms with Crippen LogP contribution in [0.2, 0.25) is 0 Å². The van der Waals surface area contributed by atoms with E-state index >= 15 is 0 Å². The fraction of sp³-hybridized carbons (Fsp3) is 0.414. The van der Waals surface area contributed by atoms with Crippen LogP contribution >= 0.6 is 11.9 Å². The van der Waals surface area contributed by atoms with E-state index in [-0.39, 0.29) is 17.7 Å². The van der Waals surface area contributed by atoms with E-state index in [0.717, 1.165) is 51.6 Å². The molecule has 0 radical (unpaired) electrons. The van der Waals surface area contributed by atoms with Crippen LogP contribution in [0.5, 0.6) is 0 Å². The molecule has 1 atom stereocenters. The Morgan fingerprint density at radius 2 is 1.78 bits per heavy atom. The number of aromatic nitrogens is 1. The molecule has 0 spiro atoms. The molecule has 3 aromatic rings. The minimum absolute atomic E-state index is 0.00153. The molecule has 1 aromatic heterocycles. The largest absolute Gasteiger partial charge is 0.359 e. The summed E-state index contributed by atoms with van der Waals surface area (Å²) in [5.41, 5.74) is 4.13. The van der Waals surface area contributed by atoms with Crippen molar-refractivity contribution in [2.45, 2.75) is 71.4 Å². The maximum Gasteiger partial charge on any atom is 0.242 e. The minimum Gasteiger partial charge on any atom is -0.359 e. The van der Waals surface area contributed by atoms with E-state index in [0.29, 0.717) is 13.0 Å². The van der Waals surface area contributed by atoms with Crippen molar-refractivity contribution < 1.29 is 14.1 Å². The van der Waals surface area contributed by atoms with Gasteiger partial charge in [0, 0.05) is 30.5 Å². The maximum absolute atomic E-state index is 13.1. The highest BCUT2D eigenvalue weighted by Crippen LogP contribution is 2.33. The molecule has 0 saturated carbocycles. The lowest BCUT2D eigenvalue weighted by Gasteiger charge is -2.33. The van der Waals surface area contributed by atoms with Crippen molar-refractivity contribution in [3.63, 3.8) is 0 Å². The van der Waals surface area contributed by atoms with Crippen LogP contribution in [-0.4, -0.2) is 35.0 Å². The number of anilines is 1. The van der Waals surface area contributed by atoms with Crippen molar-refractivity contribution in [1.29, 1.82) is 0 Å². The molecule has 2 aromatic carbocycles. The molecule has 0 aliphatic carbocycles. The highest BCUT2D eigenvalue weighted by molar-refractivity contribution is 8.00. The molecule has 0 aliphatic rings. The summed E-state index contributed by atoms with van der Waals surface area (Å²) in [7, 11) is 1.62. The molecule has 2 amide bonds. The Kier molecular flexibility index (Phi) is 10.2. The van der Waals surface area contributed by atoms with E-state index in [1.165, 1.54) is 11.9 Å². The SMILES string of the molecule is CCCCC(=O)N(Cc1ccc(-c2ccccc2SNc2noc(C)c2C)cc1)[C@H](C(=O)NC)C(C)C. The van der Waals surface area contributed by atoms with Crippen LogP contribution in [0.4, 0.5) is 5.82 Å². The van der Waals surface area contributed by atoms with E-state index in [9.17, 15) is 9.59 Å². The number of amides is 2. The van der Waals surface area contributed by atoms with Crippen LogP contribution in [0.25, 0.3) is 11.1 Å². The first-order valence-electron chi connectivity index (χ1n) is 12.8. The molecular formula is C29H38N4O3S. The number of nitrogens with zero attached hydrogens (tertiary/aromatic N) is 2. The second-order valence-electron chi connectivity index (χ2n) is 9.54. The van der Waals surface area contributed by atoms with Gasteiger partial charge in [-0.15, -0.1) is 0 Å². The van der Waals surface area contributed by atoms with Gasteiger partial charge in [0.15, 0.2) is 5.82 Å². The molecule has 1 heterocycles. The van der Waals surface area contributed by atoms with Crippen LogP contribution in [0.1, 0.15) is 56.9 Å². The Balaban J connectivity index is 1.81. The average molecular weight is 523 g/mol. The van der Waals surface area contributed by atoms with Gasteiger partial charge in [-0.1, -0.05) is 74.8 Å². The fourth-order valence-corrected chi connectivity index (χ4v) is 5.00. The van der Waals surface area contributed by atoms with Gasteiger partial charge in [-0.3, -0.25) is 9.59 Å². The Labute approximate surface area is 224 Å². The Hall–Kier alpha value is -3.26. The molecule has 0 aliphatic heterocycles. The van der Waals surface area contributed by atoms with Gasteiger partial charge >= 0.3 is 0 Å². The average Bonchev–Trinajstić information content (AvgIpc) is 3.22. The van der Waals surface area contributed by atoms with Crippen molar-refractivity contribution >= 4 is 29.6 Å². The van der Waals surface area contributed by atoms with Gasteiger partial charge in [0.05, 0.1) is 0 Å². The van der Waals surface area contributed by atoms with Crippen LogP contribution in [0.15, 0.2) is 57.9 Å². The summed E-state index contributed by atoms with van der Waals surface area (Å²) in [5.74, 6) is 1.40. The predicted octanol–water partition coefficient (Wildman–Crippen LogP) is 6.37. The number of rotatable bonds is 12. The third kappa shape index (κ3) is 7.16. The number of carbonyl (C=O) groups excluding carboxylic acids is 2. The number of benzene rings is 2. The van der Waals surface area contributed by atoms with E-state index in [1.807, 2.05) is 52.0 Å². The first-order valence-corrected chi connectivity index (χ1v) is 13.6. The Bertz CT molecular complexity index is 1190. The summed E-state index contributed by atoms with van der Waals surface area (Å²) in [4.78, 5) is 28.6. The van der Waals surface area contributed by atoms with Crippen LogP contribution in [-0.2, 0) is 16.1 Å². The first-order chi connectivity index (χ1) is 17.8. The maximum atomic E-state index is 13.1. The molecule has 0 fully saturated rings. The smallest absolute Gasteiger partial charge is 0.242 e. The summed E-state index contributed by atoms with van der Waals surface area (Å²) in [6.45, 7) is 10.3. The van der Waals surface area contributed by atoms with Crippen molar-refractivity contribution in [2.24, 2.45) is 5.92 Å². The molecule has 198 valence electrons. The van der Waals surface area contributed by atoms with Crippen LogP contribution in [0.3, 0.4) is 0 Å². The van der Waals surface area contributed by atoms with Gasteiger partial charge in [-0.05, 0) is 60.9 Å². The normalized spacial score (nSPS) is 11.9. The standard InChI is InChI=1S/C29H38N4O3S/c1-7-8-13-26(34)33(27(19(2)3)29(35)30-6)18-22-14-16-23(17-15-22)24-11-9-10-12-25(24)37-32-28-20(4)21(5)36-31-28/h9-12,14-17,19,27H,7-8,13,18H2,1-6H3,(H,30,35)(H,31,32)/t27-/m0/s1. The van der Waals surface area contributed by atoms with Crippen molar-refractivity contribution in [3.8, 4) is 11.1 Å². The molecule has 0 saturated heterocycles. The van der Waals surface area contributed by atoms with Gasteiger partial charge in [0.1, 0.15) is 11.8 Å². The third-order valence-corrected chi connectivity index (χ3v) is 7.34. The van der Waals surface area contributed by atoms with Gasteiger partial charge in [-0.25, -0.2) is 0 Å². The van der Waals surface area contributed by atoms with E-state index in [2.05, 4.69) is 46.4 Å². The number of aryl methyl sites for hydroxylation is 1. The second-order valence-corrected chi connectivity index (χ2v) is 10.4. The highest BCUT2D eigenvalue weighted by atomic mass is 32.2. The lowest BCUT2D eigenvalue weighted by Crippen LogP contribution is -2.51. The Morgan fingerprint density at radius 1 is 1.08 bits per heavy atom. The summed E-state index contributed by atoms with van der Waals surface area (Å²) < 4.78 is 8.55. The number of hydrogen-bond acceptors (Lipinski definition) is 6. The number of carbonyl (C=O) groups is 2. The molecule has 7 nitrogen and oxygen atoms in total. The van der Waals surface area contributed by atoms with Gasteiger partial charge < -0.3 is 19.5 Å². The fourth-order valence-electron chi connectivity index (χ4n) is 4.16. The quantitative estimate of drug-likeness (QED) is 0.269. The van der Waals surface area contributed by atoms with Gasteiger partial charge in [-0.2, -0.15) is 0 Å². The zero-order chi connectivity index (χ0) is 26.9. The topological polar surface area (TPSA) is 87.5 Å². The van der Waals surface area contributed by atoms with Crippen LogP contribution < -0.4 is 10.0 Å². The van der Waals surface area contributed by atoms with Crippen molar-refractivity contribution in [2.75, 3.05) is 11.8 Å². The molecule has 3 rings (SSSR count). The minimum atomic E-state index is -0.513. The molecule has 2 N–H and O–H groups in total. The number of unbranched alkanes of at least 4 members (excludes halogenated alkanes) is 1. The third-order valence-electron chi connectivity index (χ3n) is 6.47. The number of likely N-dealkylation sites (N-methyl/N-ethyl adjacent to an activating group) is 1.